The Hall–Kier alpha value is -2.99. The summed E-state index contributed by atoms with van der Waals surface area (Å²) in [6.07, 6.45) is 0.668. The summed E-state index contributed by atoms with van der Waals surface area (Å²) >= 11 is 6.22. The lowest BCUT2D eigenvalue weighted by atomic mass is 9.95. The summed E-state index contributed by atoms with van der Waals surface area (Å²) in [5, 5.41) is 11.4. The van der Waals surface area contributed by atoms with Crippen molar-refractivity contribution < 1.29 is 24.2 Å². The van der Waals surface area contributed by atoms with Crippen molar-refractivity contribution in [2.75, 3.05) is 20.3 Å². The van der Waals surface area contributed by atoms with Crippen molar-refractivity contribution in [1.82, 2.24) is 4.90 Å². The monoisotopic (exact) mass is 457 g/mol. The van der Waals surface area contributed by atoms with Crippen LogP contribution in [0.2, 0.25) is 5.02 Å². The summed E-state index contributed by atoms with van der Waals surface area (Å²) in [6, 6.07) is 11.3. The molecule has 0 bridgehead atoms. The van der Waals surface area contributed by atoms with Gasteiger partial charge in [0.1, 0.15) is 17.3 Å². The fourth-order valence-corrected chi connectivity index (χ4v) is 3.96. The fourth-order valence-electron chi connectivity index (χ4n) is 3.70. The van der Waals surface area contributed by atoms with E-state index in [9.17, 15) is 14.7 Å². The second-order valence-electron chi connectivity index (χ2n) is 8.12. The number of aliphatic hydroxyl groups is 1. The third-order valence-corrected chi connectivity index (χ3v) is 5.48. The van der Waals surface area contributed by atoms with Crippen LogP contribution in [-0.4, -0.2) is 42.0 Å². The second-order valence-corrected chi connectivity index (χ2v) is 8.53. The molecule has 0 aromatic heterocycles. The number of amides is 1. The van der Waals surface area contributed by atoms with Crippen molar-refractivity contribution >= 4 is 29.1 Å². The van der Waals surface area contributed by atoms with Gasteiger partial charge in [-0.3, -0.25) is 9.59 Å². The van der Waals surface area contributed by atoms with Gasteiger partial charge in [-0.25, -0.2) is 0 Å². The van der Waals surface area contributed by atoms with Gasteiger partial charge in [0.25, 0.3) is 11.7 Å². The number of rotatable bonds is 8. The molecule has 1 fully saturated rings. The van der Waals surface area contributed by atoms with Gasteiger partial charge in [0.05, 0.1) is 30.4 Å². The highest BCUT2D eigenvalue weighted by Crippen LogP contribution is 2.41. The van der Waals surface area contributed by atoms with E-state index in [4.69, 9.17) is 21.1 Å². The minimum absolute atomic E-state index is 0.0330. The minimum Gasteiger partial charge on any atom is -0.507 e. The quantitative estimate of drug-likeness (QED) is 0.334. The molecule has 0 saturated carbocycles. The summed E-state index contributed by atoms with van der Waals surface area (Å²) in [7, 11) is 1.49. The van der Waals surface area contributed by atoms with E-state index in [1.54, 1.807) is 12.1 Å². The molecule has 2 aromatic carbocycles. The first-order valence-electron chi connectivity index (χ1n) is 10.6. The number of hydrogen-bond acceptors (Lipinski definition) is 5. The molecule has 1 unspecified atom stereocenters. The molecule has 6 nitrogen and oxygen atoms in total. The second kappa shape index (κ2) is 10.1. The average molecular weight is 458 g/mol. The molecule has 2 aromatic rings. The lowest BCUT2D eigenvalue weighted by molar-refractivity contribution is -0.139. The Morgan fingerprint density at radius 3 is 2.56 bits per heavy atom. The average Bonchev–Trinajstić information content (AvgIpc) is 3.02. The Balaban J connectivity index is 2.12. The van der Waals surface area contributed by atoms with Crippen LogP contribution in [0.25, 0.3) is 5.76 Å². The number of Topliss-reactive ketones (excluding diaryl/α,β-unsaturated/α-hetero) is 1. The van der Waals surface area contributed by atoms with Crippen LogP contribution in [0.15, 0.2) is 48.0 Å². The van der Waals surface area contributed by atoms with Crippen LogP contribution in [0.4, 0.5) is 0 Å². The van der Waals surface area contributed by atoms with Crippen molar-refractivity contribution in [2.45, 2.75) is 33.2 Å². The maximum absolute atomic E-state index is 13.0. The van der Waals surface area contributed by atoms with E-state index in [2.05, 4.69) is 13.8 Å². The molecule has 1 N–H and O–H groups in total. The van der Waals surface area contributed by atoms with Crippen LogP contribution in [-0.2, 0) is 9.59 Å². The third kappa shape index (κ3) is 4.75. The maximum Gasteiger partial charge on any atom is 0.295 e. The topological polar surface area (TPSA) is 76.1 Å². The van der Waals surface area contributed by atoms with Gasteiger partial charge in [0.15, 0.2) is 0 Å². The predicted octanol–water partition coefficient (Wildman–Crippen LogP) is 5.22. The Morgan fingerprint density at radius 1 is 1.19 bits per heavy atom. The number of carbonyl (C=O) groups excluding carboxylic acids is 2. The molecule has 1 aliphatic rings. The minimum atomic E-state index is -0.724. The van der Waals surface area contributed by atoms with E-state index in [0.717, 1.165) is 0 Å². The van der Waals surface area contributed by atoms with E-state index >= 15 is 0 Å². The highest BCUT2D eigenvalue weighted by Gasteiger charge is 2.45. The number of benzene rings is 2. The molecule has 0 aliphatic carbocycles. The Bertz CT molecular complexity index is 1050. The van der Waals surface area contributed by atoms with Gasteiger partial charge in [-0.1, -0.05) is 44.5 Å². The van der Waals surface area contributed by atoms with Gasteiger partial charge in [-0.05, 0) is 48.2 Å². The van der Waals surface area contributed by atoms with Crippen LogP contribution in [0, 0.1) is 5.92 Å². The molecule has 7 heteroatoms. The summed E-state index contributed by atoms with van der Waals surface area (Å²) in [5.41, 5.74) is 1.06. The molecule has 3 rings (SSSR count). The van der Waals surface area contributed by atoms with Gasteiger partial charge in [0.2, 0.25) is 0 Å². The van der Waals surface area contributed by atoms with Crippen LogP contribution >= 0.6 is 11.6 Å². The summed E-state index contributed by atoms with van der Waals surface area (Å²) in [5.74, 6) is -0.186. The Morgan fingerprint density at radius 2 is 1.94 bits per heavy atom. The molecular weight excluding hydrogens is 430 g/mol. The van der Waals surface area contributed by atoms with Gasteiger partial charge >= 0.3 is 0 Å². The zero-order valence-electron chi connectivity index (χ0n) is 18.7. The number of halogens is 1. The number of ether oxygens (including phenoxy) is 2. The first kappa shape index (κ1) is 23.7. The molecule has 1 amide bonds. The fraction of sp³-hybridized carbons (Fsp3) is 0.360. The molecule has 1 saturated heterocycles. The molecule has 1 atom stereocenters. The highest BCUT2D eigenvalue weighted by atomic mass is 35.5. The number of carbonyl (C=O) groups is 2. The Kier molecular flexibility index (Phi) is 7.46. The molecule has 1 aliphatic heterocycles. The van der Waals surface area contributed by atoms with Gasteiger partial charge in [-0.2, -0.15) is 0 Å². The first-order chi connectivity index (χ1) is 15.3. The van der Waals surface area contributed by atoms with Crippen LogP contribution in [0.3, 0.4) is 0 Å². The van der Waals surface area contributed by atoms with Gasteiger partial charge in [0, 0.05) is 12.1 Å². The van der Waals surface area contributed by atoms with E-state index < -0.39 is 17.7 Å². The zero-order valence-corrected chi connectivity index (χ0v) is 19.5. The summed E-state index contributed by atoms with van der Waals surface area (Å²) in [6.45, 7) is 6.97. The van der Waals surface area contributed by atoms with Gasteiger partial charge < -0.3 is 19.5 Å². The van der Waals surface area contributed by atoms with E-state index in [1.807, 2.05) is 31.2 Å². The number of aliphatic hydroxyl groups excluding tert-OH is 1. The molecule has 0 spiro atoms. The van der Waals surface area contributed by atoms with Crippen molar-refractivity contribution in [3.63, 3.8) is 0 Å². The maximum atomic E-state index is 13.0. The molecule has 170 valence electrons. The number of methoxy groups -OCH3 is 1. The molecule has 0 radical (unpaired) electrons. The van der Waals surface area contributed by atoms with E-state index in [1.165, 1.54) is 18.1 Å². The normalized spacial score (nSPS) is 17.8. The lowest BCUT2D eigenvalue weighted by Crippen LogP contribution is -2.30. The largest absolute Gasteiger partial charge is 0.507 e. The summed E-state index contributed by atoms with van der Waals surface area (Å²) < 4.78 is 11.0. The molecule has 32 heavy (non-hydrogen) atoms. The van der Waals surface area contributed by atoms with Crippen LogP contribution in [0.1, 0.15) is 44.4 Å². The number of likely N-dealkylation sites (tertiary alicyclic amines) is 1. The molecule has 1 heterocycles. The smallest absolute Gasteiger partial charge is 0.295 e. The van der Waals surface area contributed by atoms with Crippen molar-refractivity contribution in [3.05, 3.63) is 64.2 Å². The summed E-state index contributed by atoms with van der Waals surface area (Å²) in [4.78, 5) is 27.3. The SMILES string of the molecule is CCCN1C(=O)C(=O)/C(=C(/O)c2ccc(OC)c(Cl)c2)C1c1cccc(OCC(C)C)c1. The highest BCUT2D eigenvalue weighted by molar-refractivity contribution is 6.46. The van der Waals surface area contributed by atoms with Gasteiger partial charge in [-0.15, -0.1) is 0 Å². The van der Waals surface area contributed by atoms with Crippen molar-refractivity contribution in [3.8, 4) is 11.5 Å². The van der Waals surface area contributed by atoms with E-state index in [-0.39, 0.29) is 11.3 Å². The van der Waals surface area contributed by atoms with Crippen molar-refractivity contribution in [2.24, 2.45) is 5.92 Å². The first-order valence-corrected chi connectivity index (χ1v) is 11.0. The number of hydrogen-bond donors (Lipinski definition) is 1. The number of nitrogens with zero attached hydrogens (tertiary/aromatic N) is 1. The molecular formula is C25H28ClNO5. The van der Waals surface area contributed by atoms with E-state index in [0.29, 0.717) is 53.1 Å². The Labute approximate surface area is 193 Å². The van der Waals surface area contributed by atoms with Crippen LogP contribution < -0.4 is 9.47 Å². The van der Waals surface area contributed by atoms with Crippen molar-refractivity contribution in [1.29, 1.82) is 0 Å². The standard InChI is InChI=1S/C25H28ClNO5/c1-5-11-27-22(16-7-6-8-18(12-16)32-14-15(2)3)21(24(29)25(27)30)23(28)17-9-10-20(31-4)19(26)13-17/h6-10,12-13,15,22,28H,5,11,14H2,1-4H3/b23-21+. The predicted molar refractivity (Wildman–Crippen MR) is 124 cm³/mol. The number of ketones is 1. The third-order valence-electron chi connectivity index (χ3n) is 5.19. The van der Waals surface area contributed by atoms with Crippen LogP contribution in [0.5, 0.6) is 11.5 Å². The zero-order chi connectivity index (χ0) is 23.4. The lowest BCUT2D eigenvalue weighted by Gasteiger charge is -2.25.